The molecule has 168 valence electrons. The first-order valence-electron chi connectivity index (χ1n) is 10.3. The van der Waals surface area contributed by atoms with E-state index >= 15 is 0 Å². The number of carbonyl (C=O) groups is 1. The number of nitrogens with zero attached hydrogens (tertiary/aromatic N) is 3. The Balaban J connectivity index is 0.00000272. The molecule has 1 aromatic carbocycles. The summed E-state index contributed by atoms with van der Waals surface area (Å²) in [6.07, 6.45) is 0.896. The Morgan fingerprint density at radius 1 is 1.16 bits per heavy atom. The number of para-hydroxylation sites is 1. The molecule has 4 rings (SSSR count). The van der Waals surface area contributed by atoms with E-state index in [4.69, 9.17) is 4.74 Å². The predicted octanol–water partition coefficient (Wildman–Crippen LogP) is 2.77. The molecule has 3 aromatic rings. The Bertz CT molecular complexity index is 1130. The highest BCUT2D eigenvalue weighted by molar-refractivity contribution is 7.22. The third kappa shape index (κ3) is 4.46. The minimum atomic E-state index is -0.183. The number of benzene rings is 1. The van der Waals surface area contributed by atoms with Crippen molar-refractivity contribution in [1.29, 1.82) is 0 Å². The van der Waals surface area contributed by atoms with Crippen LogP contribution in [0.1, 0.15) is 23.5 Å². The van der Waals surface area contributed by atoms with E-state index in [1.165, 1.54) is 18.4 Å². The number of hydrogen-bond acceptors (Lipinski definition) is 6. The van der Waals surface area contributed by atoms with Gasteiger partial charge in [-0.15, -0.1) is 11.3 Å². The summed E-state index contributed by atoms with van der Waals surface area (Å²) in [5, 5.41) is 4.44. The number of piperazine rings is 1. The molecule has 0 unspecified atom stereocenters. The molecule has 0 saturated carbocycles. The van der Waals surface area contributed by atoms with Crippen molar-refractivity contribution in [3.63, 3.8) is 0 Å². The van der Waals surface area contributed by atoms with Crippen LogP contribution in [0.3, 0.4) is 0 Å². The number of methoxy groups -OCH3 is 1. The molecule has 1 aliphatic heterocycles. The molecule has 0 bridgehead atoms. The molecule has 1 N–H and O–H groups in total. The molecule has 1 fully saturated rings. The SMILES string of the molecule is C.COc1c(C(=O)NCCCN2CCN(C)CC2)sc2c1c(=O)n(C)c1ccccc21. The van der Waals surface area contributed by atoms with Crippen LogP contribution in [-0.2, 0) is 7.05 Å². The van der Waals surface area contributed by atoms with E-state index in [2.05, 4.69) is 22.2 Å². The number of likely N-dealkylation sites (N-methyl/N-ethyl adjacent to an activating group) is 1. The lowest BCUT2D eigenvalue weighted by atomic mass is 10.1. The zero-order valence-electron chi connectivity index (χ0n) is 17.7. The molecule has 0 spiro atoms. The van der Waals surface area contributed by atoms with E-state index in [-0.39, 0.29) is 18.9 Å². The highest BCUT2D eigenvalue weighted by Crippen LogP contribution is 2.39. The van der Waals surface area contributed by atoms with Gasteiger partial charge in [0.15, 0.2) is 5.75 Å². The summed E-state index contributed by atoms with van der Waals surface area (Å²) in [5.41, 5.74) is 0.698. The molecule has 7 nitrogen and oxygen atoms in total. The monoisotopic (exact) mass is 444 g/mol. The lowest BCUT2D eigenvalue weighted by Crippen LogP contribution is -2.45. The van der Waals surface area contributed by atoms with Crippen LogP contribution in [0.15, 0.2) is 29.1 Å². The normalized spacial score (nSPS) is 15.2. The van der Waals surface area contributed by atoms with Crippen molar-refractivity contribution >= 4 is 38.2 Å². The highest BCUT2D eigenvalue weighted by Gasteiger charge is 2.24. The Labute approximate surface area is 187 Å². The number of nitrogens with one attached hydrogen (secondary N) is 1. The van der Waals surface area contributed by atoms with Gasteiger partial charge in [-0.3, -0.25) is 9.59 Å². The number of pyridine rings is 1. The number of rotatable bonds is 6. The zero-order valence-corrected chi connectivity index (χ0v) is 18.6. The Hall–Kier alpha value is -2.42. The quantitative estimate of drug-likeness (QED) is 0.592. The van der Waals surface area contributed by atoms with E-state index < -0.39 is 0 Å². The largest absolute Gasteiger partial charge is 0.494 e. The lowest BCUT2D eigenvalue weighted by molar-refractivity contribution is 0.0951. The van der Waals surface area contributed by atoms with Gasteiger partial charge in [0.25, 0.3) is 11.5 Å². The minimum absolute atomic E-state index is 0. The predicted molar refractivity (Wildman–Crippen MR) is 129 cm³/mol. The van der Waals surface area contributed by atoms with Crippen molar-refractivity contribution in [2.75, 3.05) is 53.4 Å². The van der Waals surface area contributed by atoms with Crippen LogP contribution in [0, 0.1) is 0 Å². The van der Waals surface area contributed by atoms with Gasteiger partial charge in [0.05, 0.1) is 17.3 Å². The Morgan fingerprint density at radius 3 is 2.58 bits per heavy atom. The summed E-state index contributed by atoms with van der Waals surface area (Å²) in [6, 6.07) is 7.74. The van der Waals surface area contributed by atoms with E-state index in [0.29, 0.717) is 22.6 Å². The first-order valence-corrected chi connectivity index (χ1v) is 11.1. The molecule has 1 saturated heterocycles. The molecule has 0 aliphatic carbocycles. The summed E-state index contributed by atoms with van der Waals surface area (Å²) in [6.45, 7) is 5.91. The van der Waals surface area contributed by atoms with Crippen molar-refractivity contribution in [2.24, 2.45) is 7.05 Å². The summed E-state index contributed by atoms with van der Waals surface area (Å²) in [7, 11) is 5.41. The Kier molecular flexibility index (Phi) is 7.35. The van der Waals surface area contributed by atoms with Crippen molar-refractivity contribution in [2.45, 2.75) is 13.8 Å². The molecular formula is C23H32N4O3S. The van der Waals surface area contributed by atoms with Gasteiger partial charge >= 0.3 is 0 Å². The maximum Gasteiger partial charge on any atom is 0.265 e. The number of thiophene rings is 1. The topological polar surface area (TPSA) is 66.8 Å². The average molecular weight is 445 g/mol. The van der Waals surface area contributed by atoms with Crippen molar-refractivity contribution in [3.05, 3.63) is 39.5 Å². The fraction of sp³-hybridized carbons (Fsp3) is 0.478. The summed E-state index contributed by atoms with van der Waals surface area (Å²) >= 11 is 1.33. The maximum absolute atomic E-state index is 13.0. The maximum atomic E-state index is 13.0. The van der Waals surface area contributed by atoms with Crippen LogP contribution in [-0.4, -0.2) is 73.7 Å². The molecule has 0 atom stereocenters. The number of hydrogen-bond donors (Lipinski definition) is 1. The molecule has 0 radical (unpaired) electrons. The first-order chi connectivity index (χ1) is 14.5. The number of aromatic nitrogens is 1. The van der Waals surface area contributed by atoms with Crippen LogP contribution in [0.4, 0.5) is 0 Å². The second-order valence-corrected chi connectivity index (χ2v) is 8.82. The third-order valence-corrected chi connectivity index (χ3v) is 7.04. The fourth-order valence-electron chi connectivity index (χ4n) is 4.04. The van der Waals surface area contributed by atoms with Crippen LogP contribution in [0.5, 0.6) is 5.75 Å². The number of amides is 1. The molecule has 1 amide bonds. The highest BCUT2D eigenvalue weighted by atomic mass is 32.1. The minimum Gasteiger partial charge on any atom is -0.494 e. The van der Waals surface area contributed by atoms with Crippen molar-refractivity contribution < 1.29 is 9.53 Å². The second-order valence-electron chi connectivity index (χ2n) is 7.80. The number of aryl methyl sites for hydroxylation is 1. The fourth-order valence-corrected chi connectivity index (χ4v) is 5.25. The molecule has 8 heteroatoms. The van der Waals surface area contributed by atoms with Gasteiger partial charge in [0.2, 0.25) is 0 Å². The van der Waals surface area contributed by atoms with Gasteiger partial charge in [-0.2, -0.15) is 0 Å². The van der Waals surface area contributed by atoms with Gasteiger partial charge < -0.3 is 24.4 Å². The molecule has 31 heavy (non-hydrogen) atoms. The van der Waals surface area contributed by atoms with E-state index in [1.807, 2.05) is 24.3 Å². The Morgan fingerprint density at radius 2 is 1.87 bits per heavy atom. The summed E-state index contributed by atoms with van der Waals surface area (Å²) in [4.78, 5) is 31.1. The zero-order chi connectivity index (χ0) is 21.3. The molecule has 2 aromatic heterocycles. The summed E-state index contributed by atoms with van der Waals surface area (Å²) < 4.78 is 7.95. The first kappa shape index (κ1) is 23.2. The average Bonchev–Trinajstić information content (AvgIpc) is 3.16. The van der Waals surface area contributed by atoms with Crippen LogP contribution in [0.2, 0.25) is 0 Å². The van der Waals surface area contributed by atoms with Gasteiger partial charge in [-0.1, -0.05) is 25.6 Å². The molecule has 3 heterocycles. The van der Waals surface area contributed by atoms with Crippen molar-refractivity contribution in [3.8, 4) is 5.75 Å². The molecule has 1 aliphatic rings. The van der Waals surface area contributed by atoms with Crippen LogP contribution in [0.25, 0.3) is 21.0 Å². The van der Waals surface area contributed by atoms with Crippen molar-refractivity contribution in [1.82, 2.24) is 19.7 Å². The van der Waals surface area contributed by atoms with Gasteiger partial charge in [-0.25, -0.2) is 0 Å². The summed E-state index contributed by atoms with van der Waals surface area (Å²) in [5.74, 6) is 0.190. The lowest BCUT2D eigenvalue weighted by Gasteiger charge is -2.32. The number of ether oxygens (including phenoxy) is 1. The number of carbonyl (C=O) groups excluding carboxylic acids is 1. The number of fused-ring (bicyclic) bond motifs is 3. The van der Waals surface area contributed by atoms with Gasteiger partial charge in [0.1, 0.15) is 10.3 Å². The molecular weight excluding hydrogens is 412 g/mol. The van der Waals surface area contributed by atoms with E-state index in [1.54, 1.807) is 11.6 Å². The van der Waals surface area contributed by atoms with Gasteiger partial charge in [-0.05, 0) is 26.1 Å². The van der Waals surface area contributed by atoms with Crippen LogP contribution < -0.4 is 15.6 Å². The third-order valence-electron chi connectivity index (χ3n) is 5.84. The standard InChI is InChI=1S/C22H28N4O3S.CH4/c1-24-11-13-26(14-12-24)10-6-9-23-21(27)20-18(29-3)17-19(30-20)15-7-4-5-8-16(15)25(2)22(17)28;/h4-5,7-8H,6,9-14H2,1-3H3,(H,23,27);1H4. The van der Waals surface area contributed by atoms with Crippen LogP contribution >= 0.6 is 11.3 Å². The smallest absolute Gasteiger partial charge is 0.265 e. The van der Waals surface area contributed by atoms with E-state index in [0.717, 1.165) is 54.7 Å². The van der Waals surface area contributed by atoms with Gasteiger partial charge in [0, 0.05) is 45.2 Å². The van der Waals surface area contributed by atoms with E-state index in [9.17, 15) is 9.59 Å². The second kappa shape index (κ2) is 9.80.